The highest BCUT2D eigenvalue weighted by atomic mass is 16.7. The van der Waals surface area contributed by atoms with Gasteiger partial charge in [-0.15, -0.1) is 0 Å². The molecule has 2 saturated heterocycles. The van der Waals surface area contributed by atoms with Crippen molar-refractivity contribution >= 4 is 6.03 Å². The van der Waals surface area contributed by atoms with Crippen LogP contribution in [-0.2, 0) is 22.6 Å². The maximum absolute atomic E-state index is 13.1. The summed E-state index contributed by atoms with van der Waals surface area (Å²) in [6.07, 6.45) is 11.8. The number of urea groups is 1. The van der Waals surface area contributed by atoms with E-state index < -0.39 is 6.29 Å². The number of carbonyl (C=O) groups excluding carboxylic acids is 1. The van der Waals surface area contributed by atoms with Crippen LogP contribution in [0.3, 0.4) is 0 Å². The van der Waals surface area contributed by atoms with Crippen molar-refractivity contribution in [2.24, 2.45) is 17.8 Å². The third-order valence-corrected chi connectivity index (χ3v) is 11.8. The molecule has 3 aromatic carbocycles. The minimum Gasteiger partial charge on any atom is -0.392 e. The summed E-state index contributed by atoms with van der Waals surface area (Å²) in [5, 5.41) is 16.1. The molecule has 0 spiro atoms. The van der Waals surface area contributed by atoms with Gasteiger partial charge in [0.05, 0.1) is 18.8 Å². The van der Waals surface area contributed by atoms with Crippen molar-refractivity contribution in [2.75, 3.05) is 19.6 Å². The van der Waals surface area contributed by atoms with Gasteiger partial charge >= 0.3 is 6.03 Å². The van der Waals surface area contributed by atoms with Crippen LogP contribution in [0.1, 0.15) is 98.9 Å². The number of amides is 2. The summed E-state index contributed by atoms with van der Waals surface area (Å²) in [6, 6.07) is 25.1. The molecule has 7 heteroatoms. The number of nitrogens with one attached hydrogen (secondary N) is 2. The molecular formula is C41H51N3O4. The zero-order valence-electron chi connectivity index (χ0n) is 28.1. The van der Waals surface area contributed by atoms with Crippen molar-refractivity contribution in [3.63, 3.8) is 0 Å². The number of likely N-dealkylation sites (tertiary alicyclic amines) is 1. The van der Waals surface area contributed by atoms with Gasteiger partial charge in [0, 0.05) is 30.6 Å². The molecule has 0 aromatic heterocycles. The van der Waals surface area contributed by atoms with Gasteiger partial charge in [-0.25, -0.2) is 4.79 Å². The standard InChI is InChI=1S/C41H51N3O4/c45-27-28-7-9-34(10-8-28)38-21-37(26-44-15-2-1-3-16-44)47-39(48-38)35-13-11-33(12-14-35)36-6-4-5-29(20-36)25-42-40(46)43-41-22-30-17-31(23-41)19-32(18-30)24-41/h4-14,20,30-32,37-39,45H,1-3,15-19,21-27H2,(H2,42,43,46). The fraction of sp³-hybridized carbons (Fsp3) is 0.537. The van der Waals surface area contributed by atoms with E-state index in [1.807, 2.05) is 12.1 Å². The minimum atomic E-state index is -0.451. The number of nitrogens with zero attached hydrogens (tertiary/aromatic N) is 1. The van der Waals surface area contributed by atoms with Crippen LogP contribution >= 0.6 is 0 Å². The molecule has 2 amide bonds. The van der Waals surface area contributed by atoms with Crippen LogP contribution in [0, 0.1) is 17.8 Å². The van der Waals surface area contributed by atoms with E-state index in [1.54, 1.807) is 0 Å². The molecule has 4 aliphatic carbocycles. The highest BCUT2D eigenvalue weighted by molar-refractivity contribution is 5.75. The normalized spacial score (nSPS) is 31.4. The van der Waals surface area contributed by atoms with E-state index >= 15 is 0 Å². The Labute approximate surface area is 285 Å². The van der Waals surface area contributed by atoms with Gasteiger partial charge in [0.25, 0.3) is 0 Å². The zero-order valence-corrected chi connectivity index (χ0v) is 28.1. The Balaban J connectivity index is 0.918. The average Bonchev–Trinajstić information content (AvgIpc) is 3.10. The second-order valence-corrected chi connectivity index (χ2v) is 15.5. The molecule has 9 rings (SSSR count). The van der Waals surface area contributed by atoms with Gasteiger partial charge in [0.2, 0.25) is 0 Å². The summed E-state index contributed by atoms with van der Waals surface area (Å²) in [5.41, 5.74) is 6.39. The van der Waals surface area contributed by atoms with Crippen LogP contribution in [0.4, 0.5) is 4.79 Å². The maximum Gasteiger partial charge on any atom is 0.315 e. The molecule has 3 N–H and O–H groups in total. The summed E-state index contributed by atoms with van der Waals surface area (Å²) in [7, 11) is 0. The first-order valence-corrected chi connectivity index (χ1v) is 18.5. The molecule has 6 aliphatic rings. The summed E-state index contributed by atoms with van der Waals surface area (Å²) < 4.78 is 13.2. The van der Waals surface area contributed by atoms with Gasteiger partial charge < -0.3 is 30.1 Å². The Morgan fingerprint density at radius 1 is 0.771 bits per heavy atom. The Morgan fingerprint density at radius 3 is 2.15 bits per heavy atom. The monoisotopic (exact) mass is 649 g/mol. The number of ether oxygens (including phenoxy) is 2. The summed E-state index contributed by atoms with van der Waals surface area (Å²) >= 11 is 0. The number of rotatable bonds is 9. The molecule has 2 heterocycles. The molecular weight excluding hydrogens is 598 g/mol. The molecule has 6 fully saturated rings. The molecule has 4 saturated carbocycles. The molecule has 254 valence electrons. The van der Waals surface area contributed by atoms with Crippen molar-refractivity contribution in [2.45, 2.75) is 101 Å². The van der Waals surface area contributed by atoms with E-state index in [4.69, 9.17) is 9.47 Å². The molecule has 0 radical (unpaired) electrons. The van der Waals surface area contributed by atoms with Crippen LogP contribution in [0.15, 0.2) is 72.8 Å². The predicted octanol–water partition coefficient (Wildman–Crippen LogP) is 7.65. The van der Waals surface area contributed by atoms with Crippen LogP contribution in [0.25, 0.3) is 11.1 Å². The quantitative estimate of drug-likeness (QED) is 0.222. The Bertz CT molecular complexity index is 1520. The smallest absolute Gasteiger partial charge is 0.315 e. The molecule has 3 aromatic rings. The van der Waals surface area contributed by atoms with Gasteiger partial charge in [0.1, 0.15) is 0 Å². The van der Waals surface area contributed by atoms with Gasteiger partial charge in [-0.05, 0) is 116 Å². The molecule has 3 unspecified atom stereocenters. The average molecular weight is 650 g/mol. The molecule has 7 nitrogen and oxygen atoms in total. The summed E-state index contributed by atoms with van der Waals surface area (Å²) in [5.74, 6) is 2.43. The maximum atomic E-state index is 13.1. The highest BCUT2D eigenvalue weighted by Gasteiger charge is 2.51. The SMILES string of the molecule is O=C(NCc1cccc(-c2ccc(C3OC(CN4CCCCC4)CC(c4ccc(CO)cc4)O3)cc2)c1)NC12CC3CC(CC(C3)C1)C2. The van der Waals surface area contributed by atoms with Crippen molar-refractivity contribution in [1.29, 1.82) is 0 Å². The number of aliphatic hydroxyl groups excluding tert-OH is 1. The lowest BCUT2D eigenvalue weighted by Gasteiger charge is -2.56. The third kappa shape index (κ3) is 7.20. The van der Waals surface area contributed by atoms with Crippen LogP contribution in [0.5, 0.6) is 0 Å². The van der Waals surface area contributed by atoms with Gasteiger partial charge in [-0.2, -0.15) is 0 Å². The van der Waals surface area contributed by atoms with Crippen LogP contribution in [-0.4, -0.2) is 47.3 Å². The Hall–Kier alpha value is -3.23. The first-order valence-electron chi connectivity index (χ1n) is 18.5. The van der Waals surface area contributed by atoms with Crippen LogP contribution < -0.4 is 10.6 Å². The molecule has 2 aliphatic heterocycles. The summed E-state index contributed by atoms with van der Waals surface area (Å²) in [4.78, 5) is 15.6. The lowest BCUT2D eigenvalue weighted by Crippen LogP contribution is -2.61. The number of piperidine rings is 1. The van der Waals surface area contributed by atoms with Crippen LogP contribution in [0.2, 0.25) is 0 Å². The molecule has 4 bridgehead atoms. The minimum absolute atomic E-state index is 0.0201. The van der Waals surface area contributed by atoms with Gasteiger partial charge in [-0.3, -0.25) is 0 Å². The fourth-order valence-electron chi connectivity index (χ4n) is 9.89. The van der Waals surface area contributed by atoms with Crippen molar-refractivity contribution in [1.82, 2.24) is 15.5 Å². The van der Waals surface area contributed by atoms with Crippen molar-refractivity contribution in [3.05, 3.63) is 95.1 Å². The number of carbonyl (C=O) groups is 1. The zero-order chi connectivity index (χ0) is 32.5. The van der Waals surface area contributed by atoms with E-state index in [0.29, 0.717) is 6.54 Å². The predicted molar refractivity (Wildman–Crippen MR) is 187 cm³/mol. The van der Waals surface area contributed by atoms with E-state index in [-0.39, 0.29) is 30.4 Å². The fourth-order valence-corrected chi connectivity index (χ4v) is 9.89. The van der Waals surface area contributed by atoms with Gasteiger partial charge in [-0.1, -0.05) is 73.2 Å². The second-order valence-electron chi connectivity index (χ2n) is 15.5. The number of hydrogen-bond acceptors (Lipinski definition) is 5. The number of benzene rings is 3. The molecule has 48 heavy (non-hydrogen) atoms. The van der Waals surface area contributed by atoms with Gasteiger partial charge in [0.15, 0.2) is 6.29 Å². The first-order chi connectivity index (χ1) is 23.5. The van der Waals surface area contributed by atoms with E-state index in [9.17, 15) is 9.90 Å². The number of aliphatic hydroxyl groups is 1. The second kappa shape index (κ2) is 13.9. The Kier molecular flexibility index (Phi) is 9.30. The lowest BCUT2D eigenvalue weighted by molar-refractivity contribution is -0.253. The first kappa shape index (κ1) is 32.0. The summed E-state index contributed by atoms with van der Waals surface area (Å²) in [6.45, 7) is 3.74. The number of hydrogen-bond donors (Lipinski definition) is 3. The van der Waals surface area contributed by atoms with E-state index in [0.717, 1.165) is 96.5 Å². The highest BCUT2D eigenvalue weighted by Crippen LogP contribution is 2.55. The van der Waals surface area contributed by atoms with Crippen molar-refractivity contribution < 1.29 is 19.4 Å². The molecule has 3 atom stereocenters. The topological polar surface area (TPSA) is 83.1 Å². The van der Waals surface area contributed by atoms with E-state index in [2.05, 4.69) is 76.2 Å². The lowest BCUT2D eigenvalue weighted by atomic mass is 9.53. The van der Waals surface area contributed by atoms with Crippen molar-refractivity contribution in [3.8, 4) is 11.1 Å². The van der Waals surface area contributed by atoms with E-state index in [1.165, 1.54) is 38.5 Å². The largest absolute Gasteiger partial charge is 0.392 e. The Morgan fingerprint density at radius 2 is 1.46 bits per heavy atom. The third-order valence-electron chi connectivity index (χ3n) is 11.8.